The van der Waals surface area contributed by atoms with Gasteiger partial charge in [-0.2, -0.15) is 0 Å². The molecule has 0 bridgehead atoms. The number of rotatable bonds is 9. The van der Waals surface area contributed by atoms with Gasteiger partial charge in [0, 0.05) is 18.8 Å². The monoisotopic (exact) mass is 318 g/mol. The Hall–Kier alpha value is -2.43. The Bertz CT molecular complexity index is 560. The van der Waals surface area contributed by atoms with E-state index in [4.69, 9.17) is 0 Å². The van der Waals surface area contributed by atoms with Crippen molar-refractivity contribution in [2.45, 2.75) is 26.7 Å². The lowest BCUT2D eigenvalue weighted by Gasteiger charge is -2.17. The molecule has 1 atom stereocenters. The second-order valence-electron chi connectivity index (χ2n) is 5.93. The maximum atomic E-state index is 12.0. The summed E-state index contributed by atoms with van der Waals surface area (Å²) in [5.74, 6) is -5.36. The largest absolute Gasteiger partial charge is 0.481 e. The number of aliphatic carboxylic acids is 2. The molecule has 1 rings (SSSR count). The van der Waals surface area contributed by atoms with Gasteiger partial charge in [-0.1, -0.05) is 56.3 Å². The number of carboxylic acid groups (broad SMARTS) is 2. The minimum atomic E-state index is -1.63. The molecule has 0 fully saturated rings. The molecule has 0 spiro atoms. The Morgan fingerprint density at radius 1 is 1.00 bits per heavy atom. The molecule has 1 unspecified atom stereocenters. The molecule has 1 aromatic rings. The third-order valence-corrected chi connectivity index (χ3v) is 3.39. The number of allylic oxidation sites excluding steroid dienone is 1. The zero-order chi connectivity index (χ0) is 17.4. The molecule has 23 heavy (non-hydrogen) atoms. The van der Waals surface area contributed by atoms with Crippen LogP contribution < -0.4 is 0 Å². The van der Waals surface area contributed by atoms with Crippen LogP contribution in [0, 0.1) is 17.8 Å². The van der Waals surface area contributed by atoms with E-state index in [1.54, 1.807) is 6.08 Å². The van der Waals surface area contributed by atoms with Crippen LogP contribution >= 0.6 is 0 Å². The maximum absolute atomic E-state index is 12.0. The fourth-order valence-corrected chi connectivity index (χ4v) is 2.37. The van der Waals surface area contributed by atoms with Gasteiger partial charge in [0.2, 0.25) is 0 Å². The normalized spacial score (nSPS) is 12.7. The minimum Gasteiger partial charge on any atom is -0.481 e. The Kier molecular flexibility index (Phi) is 7.19. The van der Waals surface area contributed by atoms with Gasteiger partial charge in [-0.05, 0) is 11.5 Å². The second-order valence-corrected chi connectivity index (χ2v) is 5.93. The molecular weight excluding hydrogens is 296 g/mol. The number of Topliss-reactive ketones (excluding diaryl/α,β-unsaturated/α-hetero) is 1. The summed E-state index contributed by atoms with van der Waals surface area (Å²) in [6.07, 6.45) is 3.39. The van der Waals surface area contributed by atoms with E-state index >= 15 is 0 Å². The Morgan fingerprint density at radius 3 is 2.04 bits per heavy atom. The number of ketones is 1. The van der Waals surface area contributed by atoms with E-state index < -0.39 is 23.8 Å². The van der Waals surface area contributed by atoms with Crippen LogP contribution in [0.4, 0.5) is 0 Å². The summed E-state index contributed by atoms with van der Waals surface area (Å²) < 4.78 is 0. The molecule has 0 aromatic heterocycles. The van der Waals surface area contributed by atoms with Gasteiger partial charge in [-0.25, -0.2) is 0 Å². The fraction of sp³-hybridized carbons (Fsp3) is 0.389. The van der Waals surface area contributed by atoms with E-state index in [-0.39, 0.29) is 18.1 Å². The first-order chi connectivity index (χ1) is 10.8. The van der Waals surface area contributed by atoms with Gasteiger partial charge in [0.1, 0.15) is 5.78 Å². The number of carbonyl (C=O) groups is 3. The molecule has 0 saturated heterocycles. The van der Waals surface area contributed by atoms with E-state index in [0.717, 1.165) is 5.56 Å². The van der Waals surface area contributed by atoms with Crippen LogP contribution in [0.3, 0.4) is 0 Å². The summed E-state index contributed by atoms with van der Waals surface area (Å²) in [6.45, 7) is 3.77. The summed E-state index contributed by atoms with van der Waals surface area (Å²) >= 11 is 0. The van der Waals surface area contributed by atoms with E-state index in [2.05, 4.69) is 0 Å². The molecule has 0 heterocycles. The first kappa shape index (κ1) is 18.6. The summed E-state index contributed by atoms with van der Waals surface area (Å²) in [6, 6.07) is 9.13. The van der Waals surface area contributed by atoms with Crippen LogP contribution in [0.15, 0.2) is 36.4 Å². The van der Waals surface area contributed by atoms with Crippen LogP contribution in [0.1, 0.15) is 32.3 Å². The fourth-order valence-electron chi connectivity index (χ4n) is 2.37. The zero-order valence-corrected chi connectivity index (χ0v) is 13.3. The number of hydrogen-bond donors (Lipinski definition) is 2. The minimum absolute atomic E-state index is 0.0925. The van der Waals surface area contributed by atoms with Crippen LogP contribution in [-0.2, 0) is 14.4 Å². The quantitative estimate of drug-likeness (QED) is 0.683. The molecule has 1 aromatic carbocycles. The maximum Gasteiger partial charge on any atom is 0.318 e. The van der Waals surface area contributed by atoms with Crippen molar-refractivity contribution in [3.8, 4) is 0 Å². The summed E-state index contributed by atoms with van der Waals surface area (Å²) in [5, 5.41) is 18.4. The Labute approximate surface area is 135 Å². The molecule has 0 amide bonds. The van der Waals surface area contributed by atoms with Gasteiger partial charge >= 0.3 is 11.9 Å². The van der Waals surface area contributed by atoms with Crippen LogP contribution in [-0.4, -0.2) is 27.9 Å². The topological polar surface area (TPSA) is 91.7 Å². The highest BCUT2D eigenvalue weighted by atomic mass is 16.4. The predicted molar refractivity (Wildman–Crippen MR) is 86.8 cm³/mol. The molecule has 124 valence electrons. The molecule has 0 aliphatic carbocycles. The van der Waals surface area contributed by atoms with Gasteiger partial charge in [0.05, 0.1) is 0 Å². The summed E-state index contributed by atoms with van der Waals surface area (Å²) in [5.41, 5.74) is 0.823. The highest BCUT2D eigenvalue weighted by molar-refractivity contribution is 5.94. The van der Waals surface area contributed by atoms with E-state index in [1.807, 2.05) is 44.2 Å². The Morgan fingerprint density at radius 2 is 1.57 bits per heavy atom. The average Bonchev–Trinajstić information content (AvgIpc) is 2.44. The van der Waals surface area contributed by atoms with Crippen LogP contribution in [0.2, 0.25) is 0 Å². The van der Waals surface area contributed by atoms with Crippen molar-refractivity contribution in [3.05, 3.63) is 42.0 Å². The van der Waals surface area contributed by atoms with Gasteiger partial charge in [-0.15, -0.1) is 0 Å². The van der Waals surface area contributed by atoms with Crippen molar-refractivity contribution in [1.29, 1.82) is 0 Å². The lowest BCUT2D eigenvalue weighted by molar-refractivity contribution is -0.156. The third kappa shape index (κ3) is 6.46. The van der Waals surface area contributed by atoms with Gasteiger partial charge in [0.25, 0.3) is 0 Å². The Balaban J connectivity index is 3.00. The van der Waals surface area contributed by atoms with Crippen LogP contribution in [0.25, 0.3) is 6.08 Å². The van der Waals surface area contributed by atoms with Crippen molar-refractivity contribution in [3.63, 3.8) is 0 Å². The number of carbonyl (C=O) groups excluding carboxylic acids is 1. The molecular formula is C18H22O5. The number of hydrogen-bond acceptors (Lipinski definition) is 3. The van der Waals surface area contributed by atoms with Gasteiger partial charge < -0.3 is 10.2 Å². The molecule has 5 heteroatoms. The third-order valence-electron chi connectivity index (χ3n) is 3.39. The molecule has 0 radical (unpaired) electrons. The lowest BCUT2D eigenvalue weighted by atomic mass is 9.85. The van der Waals surface area contributed by atoms with Crippen molar-refractivity contribution in [2.24, 2.45) is 17.8 Å². The molecule has 0 saturated carbocycles. The average molecular weight is 318 g/mol. The SMILES string of the molecule is CC(C)CC(=O)CC(C=Cc1ccccc1)C(C(=O)O)C(=O)O. The molecule has 5 nitrogen and oxygen atoms in total. The summed E-state index contributed by atoms with van der Waals surface area (Å²) in [7, 11) is 0. The van der Waals surface area contributed by atoms with E-state index in [9.17, 15) is 24.6 Å². The zero-order valence-electron chi connectivity index (χ0n) is 13.3. The summed E-state index contributed by atoms with van der Waals surface area (Å²) in [4.78, 5) is 34.5. The van der Waals surface area contributed by atoms with Crippen LogP contribution in [0.5, 0.6) is 0 Å². The smallest absolute Gasteiger partial charge is 0.318 e. The number of benzene rings is 1. The van der Waals surface area contributed by atoms with E-state index in [0.29, 0.717) is 6.42 Å². The molecule has 2 N–H and O–H groups in total. The van der Waals surface area contributed by atoms with Gasteiger partial charge in [0.15, 0.2) is 5.92 Å². The highest BCUT2D eigenvalue weighted by Crippen LogP contribution is 2.22. The van der Waals surface area contributed by atoms with Gasteiger partial charge in [-0.3, -0.25) is 14.4 Å². The lowest BCUT2D eigenvalue weighted by Crippen LogP contribution is -2.31. The predicted octanol–water partition coefficient (Wildman–Crippen LogP) is 3.11. The van der Waals surface area contributed by atoms with Crippen molar-refractivity contribution >= 4 is 23.8 Å². The molecule has 0 aliphatic heterocycles. The van der Waals surface area contributed by atoms with Crippen molar-refractivity contribution < 1.29 is 24.6 Å². The first-order valence-electron chi connectivity index (χ1n) is 7.51. The molecule has 0 aliphatic rings. The highest BCUT2D eigenvalue weighted by Gasteiger charge is 2.34. The van der Waals surface area contributed by atoms with E-state index in [1.165, 1.54) is 6.08 Å². The van der Waals surface area contributed by atoms with Crippen molar-refractivity contribution in [2.75, 3.05) is 0 Å². The standard InChI is InChI=1S/C18H22O5/c1-12(2)10-15(19)11-14(16(17(20)21)18(22)23)9-8-13-6-4-3-5-7-13/h3-9,12,14,16H,10-11H2,1-2H3,(H,20,21)(H,22,23). The van der Waals surface area contributed by atoms with Crippen molar-refractivity contribution in [1.82, 2.24) is 0 Å². The first-order valence-corrected chi connectivity index (χ1v) is 7.51. The number of carboxylic acids is 2. The second kappa shape index (κ2) is 8.88.